The second-order valence-corrected chi connectivity index (χ2v) is 4.87. The zero-order valence-electron chi connectivity index (χ0n) is 10.3. The van der Waals surface area contributed by atoms with Gasteiger partial charge in [-0.05, 0) is 11.0 Å². The van der Waals surface area contributed by atoms with Crippen molar-refractivity contribution in [2.24, 2.45) is 0 Å². The lowest BCUT2D eigenvalue weighted by atomic mass is 9.85. The van der Waals surface area contributed by atoms with Gasteiger partial charge in [-0.3, -0.25) is 10.1 Å². The molecule has 4 nitrogen and oxygen atoms in total. The minimum atomic E-state index is -0.364. The summed E-state index contributed by atoms with van der Waals surface area (Å²) in [6.07, 6.45) is 3.22. The number of aliphatic hydroxyl groups is 1. The van der Waals surface area contributed by atoms with Gasteiger partial charge in [0.2, 0.25) is 0 Å². The maximum absolute atomic E-state index is 11.0. The second kappa shape index (κ2) is 5.10. The van der Waals surface area contributed by atoms with E-state index in [4.69, 9.17) is 5.11 Å². The van der Waals surface area contributed by atoms with Crippen molar-refractivity contribution in [2.45, 2.75) is 26.2 Å². The Hall–Kier alpha value is -1.68. The van der Waals surface area contributed by atoms with Crippen molar-refractivity contribution < 1.29 is 10.0 Å². The van der Waals surface area contributed by atoms with Crippen LogP contribution < -0.4 is 0 Å². The third-order valence-corrected chi connectivity index (χ3v) is 2.44. The van der Waals surface area contributed by atoms with Crippen LogP contribution in [0.2, 0.25) is 0 Å². The monoisotopic (exact) mass is 235 g/mol. The van der Waals surface area contributed by atoms with Gasteiger partial charge in [-0.15, -0.1) is 0 Å². The van der Waals surface area contributed by atoms with Crippen molar-refractivity contribution in [2.75, 3.05) is 6.61 Å². The van der Waals surface area contributed by atoms with Crippen molar-refractivity contribution in [1.29, 1.82) is 0 Å². The fourth-order valence-electron chi connectivity index (χ4n) is 1.63. The highest BCUT2D eigenvalue weighted by Gasteiger charge is 2.24. The number of hydrogen-bond donors (Lipinski definition) is 1. The lowest BCUT2D eigenvalue weighted by Gasteiger charge is -2.18. The highest BCUT2D eigenvalue weighted by Crippen LogP contribution is 2.31. The Labute approximate surface area is 101 Å². The van der Waals surface area contributed by atoms with Gasteiger partial charge in [-0.1, -0.05) is 45.1 Å². The molecule has 0 unspecified atom stereocenters. The van der Waals surface area contributed by atoms with E-state index >= 15 is 0 Å². The standard InChI is InChI=1S/C13H17NO3/c1-13(2,3)11-7-6-10(5-4-8-15)9-12(11)14(16)17/h4-7,9,15H,8H2,1-3H3/b5-4+. The fourth-order valence-corrected chi connectivity index (χ4v) is 1.63. The minimum Gasteiger partial charge on any atom is -0.392 e. The van der Waals surface area contributed by atoms with Crippen LogP contribution >= 0.6 is 0 Å². The van der Waals surface area contributed by atoms with Crippen LogP contribution in [0.3, 0.4) is 0 Å². The Bertz CT molecular complexity index is 444. The molecule has 0 aliphatic heterocycles. The summed E-state index contributed by atoms with van der Waals surface area (Å²) in [6, 6.07) is 5.13. The molecular formula is C13H17NO3. The molecule has 0 radical (unpaired) electrons. The summed E-state index contributed by atoms with van der Waals surface area (Å²) >= 11 is 0. The normalized spacial score (nSPS) is 12.0. The molecule has 4 heteroatoms. The Balaban J connectivity index is 3.27. The van der Waals surface area contributed by atoms with E-state index in [0.717, 1.165) is 5.56 Å². The predicted molar refractivity (Wildman–Crippen MR) is 67.9 cm³/mol. The third-order valence-electron chi connectivity index (χ3n) is 2.44. The number of aliphatic hydroxyl groups excluding tert-OH is 1. The van der Waals surface area contributed by atoms with Crippen molar-refractivity contribution in [3.63, 3.8) is 0 Å². The molecule has 92 valence electrons. The van der Waals surface area contributed by atoms with Crippen LogP contribution in [0.25, 0.3) is 6.08 Å². The Morgan fingerprint density at radius 3 is 2.53 bits per heavy atom. The van der Waals surface area contributed by atoms with Gasteiger partial charge in [0.05, 0.1) is 11.5 Å². The van der Waals surface area contributed by atoms with E-state index in [1.807, 2.05) is 26.8 Å². The number of nitro benzene ring substituents is 1. The number of hydrogen-bond acceptors (Lipinski definition) is 3. The van der Waals surface area contributed by atoms with E-state index < -0.39 is 0 Å². The van der Waals surface area contributed by atoms with Crippen molar-refractivity contribution in [3.05, 3.63) is 45.5 Å². The van der Waals surface area contributed by atoms with Crippen LogP contribution in [-0.2, 0) is 5.41 Å². The highest BCUT2D eigenvalue weighted by atomic mass is 16.6. The molecule has 1 rings (SSSR count). The second-order valence-electron chi connectivity index (χ2n) is 4.87. The molecule has 0 fully saturated rings. The van der Waals surface area contributed by atoms with E-state index in [1.54, 1.807) is 18.2 Å². The van der Waals surface area contributed by atoms with E-state index in [2.05, 4.69) is 0 Å². The van der Waals surface area contributed by atoms with Gasteiger partial charge in [0.15, 0.2) is 0 Å². The highest BCUT2D eigenvalue weighted by molar-refractivity contribution is 5.57. The van der Waals surface area contributed by atoms with Gasteiger partial charge < -0.3 is 5.11 Å². The van der Waals surface area contributed by atoms with E-state index in [1.165, 1.54) is 6.07 Å². The molecule has 0 spiro atoms. The maximum Gasteiger partial charge on any atom is 0.273 e. The van der Waals surface area contributed by atoms with Gasteiger partial charge in [0.25, 0.3) is 5.69 Å². The fraction of sp³-hybridized carbons (Fsp3) is 0.385. The molecular weight excluding hydrogens is 218 g/mol. The first-order valence-electron chi connectivity index (χ1n) is 5.42. The molecule has 0 aromatic heterocycles. The van der Waals surface area contributed by atoms with Gasteiger partial charge in [0.1, 0.15) is 0 Å². The zero-order chi connectivity index (χ0) is 13.1. The molecule has 0 bridgehead atoms. The summed E-state index contributed by atoms with van der Waals surface area (Å²) in [5, 5.41) is 19.7. The van der Waals surface area contributed by atoms with Gasteiger partial charge in [-0.2, -0.15) is 0 Å². The van der Waals surface area contributed by atoms with E-state index in [9.17, 15) is 10.1 Å². The first-order valence-corrected chi connectivity index (χ1v) is 5.42. The zero-order valence-corrected chi connectivity index (χ0v) is 10.3. The molecule has 0 saturated carbocycles. The van der Waals surface area contributed by atoms with E-state index in [-0.39, 0.29) is 22.6 Å². The topological polar surface area (TPSA) is 63.4 Å². The van der Waals surface area contributed by atoms with Crippen molar-refractivity contribution >= 4 is 11.8 Å². The van der Waals surface area contributed by atoms with Crippen LogP contribution in [0, 0.1) is 10.1 Å². The minimum absolute atomic E-state index is 0.0746. The quantitative estimate of drug-likeness (QED) is 0.647. The molecule has 0 atom stereocenters. The van der Waals surface area contributed by atoms with Crippen molar-refractivity contribution in [1.82, 2.24) is 0 Å². The first kappa shape index (κ1) is 13.4. The summed E-state index contributed by atoms with van der Waals surface area (Å²) < 4.78 is 0. The molecule has 0 aliphatic carbocycles. The average Bonchev–Trinajstić information content (AvgIpc) is 2.24. The maximum atomic E-state index is 11.0. The summed E-state index contributed by atoms with van der Waals surface area (Å²) in [5.41, 5.74) is 1.29. The molecule has 1 aromatic carbocycles. The lowest BCUT2D eigenvalue weighted by molar-refractivity contribution is -0.386. The van der Waals surface area contributed by atoms with Gasteiger partial charge >= 0.3 is 0 Å². The van der Waals surface area contributed by atoms with Gasteiger partial charge in [-0.25, -0.2) is 0 Å². The first-order chi connectivity index (χ1) is 7.86. The summed E-state index contributed by atoms with van der Waals surface area (Å²) in [6.45, 7) is 5.75. The molecule has 1 N–H and O–H groups in total. The SMILES string of the molecule is CC(C)(C)c1ccc(/C=C/CO)cc1[N+](=O)[O-]. The number of nitrogens with zero attached hydrogens (tertiary/aromatic N) is 1. The smallest absolute Gasteiger partial charge is 0.273 e. The van der Waals surface area contributed by atoms with Crippen LogP contribution in [0.1, 0.15) is 31.9 Å². The Morgan fingerprint density at radius 2 is 2.06 bits per heavy atom. The Kier molecular flexibility index (Phi) is 4.02. The summed E-state index contributed by atoms with van der Waals surface area (Å²) in [7, 11) is 0. The lowest BCUT2D eigenvalue weighted by Crippen LogP contribution is -2.13. The molecule has 0 heterocycles. The number of benzene rings is 1. The molecule has 0 amide bonds. The van der Waals surface area contributed by atoms with Crippen LogP contribution in [0.15, 0.2) is 24.3 Å². The van der Waals surface area contributed by atoms with Gasteiger partial charge in [0, 0.05) is 11.6 Å². The van der Waals surface area contributed by atoms with Crippen LogP contribution in [-0.4, -0.2) is 16.6 Å². The largest absolute Gasteiger partial charge is 0.392 e. The van der Waals surface area contributed by atoms with Crippen molar-refractivity contribution in [3.8, 4) is 0 Å². The predicted octanol–water partition coefficient (Wildman–Crippen LogP) is 2.90. The number of nitro groups is 1. The van der Waals surface area contributed by atoms with Crippen LogP contribution in [0.5, 0.6) is 0 Å². The Morgan fingerprint density at radius 1 is 1.41 bits per heavy atom. The molecule has 17 heavy (non-hydrogen) atoms. The molecule has 1 aromatic rings. The average molecular weight is 235 g/mol. The van der Waals surface area contributed by atoms with E-state index in [0.29, 0.717) is 5.56 Å². The number of rotatable bonds is 3. The molecule has 0 saturated heterocycles. The third kappa shape index (κ3) is 3.39. The summed E-state index contributed by atoms with van der Waals surface area (Å²) in [5.74, 6) is 0. The van der Waals surface area contributed by atoms with Crippen LogP contribution in [0.4, 0.5) is 5.69 Å². The summed E-state index contributed by atoms with van der Waals surface area (Å²) in [4.78, 5) is 10.7. The molecule has 0 aliphatic rings.